The van der Waals surface area contributed by atoms with Crippen molar-refractivity contribution in [2.45, 2.75) is 32.9 Å². The largest absolute Gasteiger partial charge is 0.489 e. The number of ether oxygens (including phenoxy) is 1. The van der Waals surface area contributed by atoms with Crippen molar-refractivity contribution in [3.8, 4) is 5.75 Å². The third-order valence-electron chi connectivity index (χ3n) is 4.98. The van der Waals surface area contributed by atoms with Crippen molar-refractivity contribution in [3.05, 3.63) is 64.9 Å². The van der Waals surface area contributed by atoms with E-state index in [1.54, 1.807) is 0 Å². The van der Waals surface area contributed by atoms with E-state index in [1.807, 2.05) is 25.1 Å². The van der Waals surface area contributed by atoms with Crippen molar-refractivity contribution in [3.63, 3.8) is 0 Å². The van der Waals surface area contributed by atoms with Gasteiger partial charge in [-0.05, 0) is 50.6 Å². The lowest BCUT2D eigenvalue weighted by Gasteiger charge is -2.11. The first kappa shape index (κ1) is 17.6. The molecule has 1 aliphatic heterocycles. The van der Waals surface area contributed by atoms with Gasteiger partial charge in [-0.2, -0.15) is 0 Å². The van der Waals surface area contributed by atoms with Gasteiger partial charge in [-0.25, -0.2) is 0 Å². The van der Waals surface area contributed by atoms with Crippen molar-refractivity contribution in [1.82, 2.24) is 10.6 Å². The number of furan rings is 1. The highest BCUT2D eigenvalue weighted by atomic mass is 16.5. The lowest BCUT2D eigenvalue weighted by atomic mass is 10.1. The molecule has 1 aromatic heterocycles. The van der Waals surface area contributed by atoms with E-state index in [9.17, 15) is 4.79 Å². The number of carbonyl (C=O) groups excluding carboxylic acids is 1. The summed E-state index contributed by atoms with van der Waals surface area (Å²) in [4.78, 5) is 12.8. The molecule has 140 valence electrons. The van der Waals surface area contributed by atoms with Crippen molar-refractivity contribution >= 4 is 16.9 Å². The maximum atomic E-state index is 12.8. The molecule has 1 fully saturated rings. The minimum atomic E-state index is -0.0874. The Kier molecular flexibility index (Phi) is 4.86. The summed E-state index contributed by atoms with van der Waals surface area (Å²) in [6.45, 7) is 6.12. The van der Waals surface area contributed by atoms with Crippen LogP contribution in [0.3, 0.4) is 0 Å². The SMILES string of the molecule is Cc1ccc(COc2ccc3oc(C)c(C(=O)N[C@H]4CCNC4)c3c2)cc1. The number of rotatable bonds is 5. The molecule has 3 aromatic rings. The molecule has 4 rings (SSSR count). The maximum Gasteiger partial charge on any atom is 0.255 e. The fraction of sp³-hybridized carbons (Fsp3) is 0.318. The van der Waals surface area contributed by atoms with Gasteiger partial charge < -0.3 is 19.8 Å². The van der Waals surface area contributed by atoms with E-state index in [1.165, 1.54) is 5.56 Å². The van der Waals surface area contributed by atoms with Crippen LogP contribution in [0.25, 0.3) is 11.0 Å². The molecule has 0 unspecified atom stereocenters. The molecular weight excluding hydrogens is 340 g/mol. The smallest absolute Gasteiger partial charge is 0.255 e. The molecule has 5 heteroatoms. The summed E-state index contributed by atoms with van der Waals surface area (Å²) in [5, 5.41) is 7.15. The average molecular weight is 364 g/mol. The number of hydrogen-bond acceptors (Lipinski definition) is 4. The Bertz CT molecular complexity index is 954. The Morgan fingerprint density at radius 3 is 2.78 bits per heavy atom. The number of amides is 1. The number of nitrogens with one attached hydrogen (secondary N) is 2. The van der Waals surface area contributed by atoms with Gasteiger partial charge in [0.2, 0.25) is 0 Å². The van der Waals surface area contributed by atoms with Crippen molar-refractivity contribution in [2.75, 3.05) is 13.1 Å². The average Bonchev–Trinajstić information content (AvgIpc) is 3.27. The molecule has 1 amide bonds. The first-order chi connectivity index (χ1) is 13.1. The van der Waals surface area contributed by atoms with Gasteiger partial charge in [0.1, 0.15) is 23.7 Å². The zero-order chi connectivity index (χ0) is 18.8. The molecule has 27 heavy (non-hydrogen) atoms. The Morgan fingerprint density at radius 1 is 1.22 bits per heavy atom. The van der Waals surface area contributed by atoms with E-state index in [4.69, 9.17) is 9.15 Å². The Labute approximate surface area is 158 Å². The van der Waals surface area contributed by atoms with Crippen LogP contribution in [0.2, 0.25) is 0 Å². The quantitative estimate of drug-likeness (QED) is 0.724. The molecule has 0 saturated carbocycles. The molecule has 2 aromatic carbocycles. The predicted molar refractivity (Wildman–Crippen MR) is 105 cm³/mol. The number of carbonyl (C=O) groups is 1. The maximum absolute atomic E-state index is 12.8. The molecule has 0 bridgehead atoms. The van der Waals surface area contributed by atoms with Crippen LogP contribution < -0.4 is 15.4 Å². The van der Waals surface area contributed by atoms with Gasteiger partial charge in [-0.1, -0.05) is 29.8 Å². The second-order valence-corrected chi connectivity index (χ2v) is 7.13. The third-order valence-corrected chi connectivity index (χ3v) is 4.98. The molecule has 2 heterocycles. The van der Waals surface area contributed by atoms with Gasteiger partial charge in [-0.3, -0.25) is 4.79 Å². The molecule has 1 atom stereocenters. The molecule has 0 radical (unpaired) electrons. The second-order valence-electron chi connectivity index (χ2n) is 7.13. The minimum Gasteiger partial charge on any atom is -0.489 e. The van der Waals surface area contributed by atoms with Gasteiger partial charge >= 0.3 is 0 Å². The Balaban J connectivity index is 1.55. The topological polar surface area (TPSA) is 63.5 Å². The Hall–Kier alpha value is -2.79. The van der Waals surface area contributed by atoms with Gasteiger partial charge in [0.15, 0.2) is 0 Å². The first-order valence-electron chi connectivity index (χ1n) is 9.33. The predicted octanol–water partition coefficient (Wildman–Crippen LogP) is 3.72. The molecule has 1 saturated heterocycles. The molecule has 0 spiro atoms. The van der Waals surface area contributed by atoms with E-state index < -0.39 is 0 Å². The summed E-state index contributed by atoms with van der Waals surface area (Å²) in [6, 6.07) is 14.1. The fourth-order valence-electron chi connectivity index (χ4n) is 3.46. The fourth-order valence-corrected chi connectivity index (χ4v) is 3.46. The van der Waals surface area contributed by atoms with Crippen molar-refractivity contribution < 1.29 is 13.9 Å². The van der Waals surface area contributed by atoms with Crippen LogP contribution in [0.4, 0.5) is 0 Å². The van der Waals surface area contributed by atoms with Gasteiger partial charge in [-0.15, -0.1) is 0 Å². The summed E-state index contributed by atoms with van der Waals surface area (Å²) >= 11 is 0. The first-order valence-corrected chi connectivity index (χ1v) is 9.33. The highest BCUT2D eigenvalue weighted by Gasteiger charge is 2.23. The number of benzene rings is 2. The van der Waals surface area contributed by atoms with Crippen LogP contribution >= 0.6 is 0 Å². The lowest BCUT2D eigenvalue weighted by molar-refractivity contribution is 0.0940. The minimum absolute atomic E-state index is 0.0874. The van der Waals surface area contributed by atoms with E-state index in [0.29, 0.717) is 23.5 Å². The van der Waals surface area contributed by atoms with Crippen LogP contribution in [-0.2, 0) is 6.61 Å². The summed E-state index contributed by atoms with van der Waals surface area (Å²) in [5.74, 6) is 1.26. The number of fused-ring (bicyclic) bond motifs is 1. The standard InChI is InChI=1S/C22H24N2O3/c1-14-3-5-16(6-4-14)13-26-18-7-8-20-19(11-18)21(15(2)27-20)22(25)24-17-9-10-23-12-17/h3-8,11,17,23H,9-10,12-13H2,1-2H3,(H,24,25)/t17-/m0/s1. The number of aryl methyl sites for hydroxylation is 2. The summed E-state index contributed by atoms with van der Waals surface area (Å²) in [5.41, 5.74) is 3.63. The zero-order valence-electron chi connectivity index (χ0n) is 15.7. The molecule has 1 aliphatic rings. The molecular formula is C22H24N2O3. The van der Waals surface area contributed by atoms with E-state index in [-0.39, 0.29) is 11.9 Å². The summed E-state index contributed by atoms with van der Waals surface area (Å²) < 4.78 is 11.7. The highest BCUT2D eigenvalue weighted by Crippen LogP contribution is 2.29. The molecule has 2 N–H and O–H groups in total. The van der Waals surface area contributed by atoms with E-state index in [2.05, 4.69) is 41.8 Å². The Morgan fingerprint density at radius 2 is 2.04 bits per heavy atom. The lowest BCUT2D eigenvalue weighted by Crippen LogP contribution is -2.36. The van der Waals surface area contributed by atoms with Gasteiger partial charge in [0, 0.05) is 18.0 Å². The van der Waals surface area contributed by atoms with Crippen molar-refractivity contribution in [2.24, 2.45) is 0 Å². The highest BCUT2D eigenvalue weighted by molar-refractivity contribution is 6.07. The molecule has 0 aliphatic carbocycles. The summed E-state index contributed by atoms with van der Waals surface area (Å²) in [7, 11) is 0. The van der Waals surface area contributed by atoms with E-state index in [0.717, 1.165) is 36.2 Å². The number of hydrogen-bond donors (Lipinski definition) is 2. The van der Waals surface area contributed by atoms with Gasteiger partial charge in [0.25, 0.3) is 5.91 Å². The van der Waals surface area contributed by atoms with Crippen LogP contribution in [0.15, 0.2) is 46.9 Å². The van der Waals surface area contributed by atoms with Gasteiger partial charge in [0.05, 0.1) is 5.56 Å². The summed E-state index contributed by atoms with van der Waals surface area (Å²) in [6.07, 6.45) is 0.950. The van der Waals surface area contributed by atoms with Crippen LogP contribution in [0.5, 0.6) is 5.75 Å². The monoisotopic (exact) mass is 364 g/mol. The van der Waals surface area contributed by atoms with Crippen LogP contribution in [0, 0.1) is 13.8 Å². The zero-order valence-corrected chi connectivity index (χ0v) is 15.7. The molecule has 5 nitrogen and oxygen atoms in total. The third kappa shape index (κ3) is 3.83. The van der Waals surface area contributed by atoms with E-state index >= 15 is 0 Å². The normalized spacial score (nSPS) is 16.6. The second kappa shape index (κ2) is 7.45. The van der Waals surface area contributed by atoms with Crippen molar-refractivity contribution in [1.29, 1.82) is 0 Å². The van der Waals surface area contributed by atoms with Crippen LogP contribution in [-0.4, -0.2) is 25.0 Å². The van der Waals surface area contributed by atoms with Crippen LogP contribution in [0.1, 0.15) is 33.7 Å².